The zero-order chi connectivity index (χ0) is 20.9. The molecule has 0 fully saturated rings. The van der Waals surface area contributed by atoms with Gasteiger partial charge in [-0.25, -0.2) is 8.42 Å². The molecule has 7 nitrogen and oxygen atoms in total. The normalized spacial score (nSPS) is 15.3. The highest BCUT2D eigenvalue weighted by atomic mass is 35.5. The Kier molecular flexibility index (Phi) is 4.34. The van der Waals surface area contributed by atoms with Crippen LogP contribution < -0.4 is 19.1 Å². The monoisotopic (exact) mass is 442 g/mol. The van der Waals surface area contributed by atoms with Gasteiger partial charge >= 0.3 is 0 Å². The Morgan fingerprint density at radius 1 is 1.00 bits per heavy atom. The number of anilines is 2. The van der Waals surface area contributed by atoms with Crippen LogP contribution in [0, 0.1) is 0 Å². The number of amides is 1. The molecule has 30 heavy (non-hydrogen) atoms. The lowest BCUT2D eigenvalue weighted by atomic mass is 10.0. The molecule has 2 aliphatic rings. The van der Waals surface area contributed by atoms with E-state index in [1.165, 1.54) is 6.07 Å². The van der Waals surface area contributed by atoms with Crippen LogP contribution in [0.1, 0.15) is 0 Å². The van der Waals surface area contributed by atoms with Crippen molar-refractivity contribution in [2.75, 3.05) is 23.0 Å². The van der Waals surface area contributed by atoms with Crippen LogP contribution in [0.3, 0.4) is 0 Å². The van der Waals surface area contributed by atoms with E-state index in [-0.39, 0.29) is 18.2 Å². The predicted molar refractivity (Wildman–Crippen MR) is 113 cm³/mol. The van der Waals surface area contributed by atoms with Gasteiger partial charge in [-0.15, -0.1) is 0 Å². The summed E-state index contributed by atoms with van der Waals surface area (Å²) < 4.78 is 38.2. The van der Waals surface area contributed by atoms with Crippen molar-refractivity contribution in [1.82, 2.24) is 0 Å². The van der Waals surface area contributed by atoms with Crippen molar-refractivity contribution >= 4 is 38.9 Å². The summed E-state index contributed by atoms with van der Waals surface area (Å²) in [5.74, 6) is 0.624. The third-order valence-corrected chi connectivity index (χ3v) is 6.97. The van der Waals surface area contributed by atoms with Gasteiger partial charge in [0.2, 0.25) is 12.7 Å². The second kappa shape index (κ2) is 6.93. The molecular weight excluding hydrogens is 428 g/mol. The van der Waals surface area contributed by atoms with Crippen molar-refractivity contribution in [2.45, 2.75) is 4.90 Å². The van der Waals surface area contributed by atoms with Crippen molar-refractivity contribution in [3.8, 4) is 22.6 Å². The fourth-order valence-electron chi connectivity index (χ4n) is 3.58. The Morgan fingerprint density at radius 3 is 2.67 bits per heavy atom. The first-order valence-corrected chi connectivity index (χ1v) is 10.9. The molecular formula is C21H15ClN2O5S. The van der Waals surface area contributed by atoms with Crippen LogP contribution >= 0.6 is 11.6 Å². The molecule has 9 heteroatoms. The van der Waals surface area contributed by atoms with Crippen LogP contribution in [-0.4, -0.2) is 27.7 Å². The Balaban J connectivity index is 1.49. The van der Waals surface area contributed by atoms with E-state index in [2.05, 4.69) is 5.32 Å². The number of carbonyl (C=O) groups is 1. The predicted octanol–water partition coefficient (Wildman–Crippen LogP) is 3.88. The second-order valence-electron chi connectivity index (χ2n) is 6.79. The van der Waals surface area contributed by atoms with E-state index in [4.69, 9.17) is 21.1 Å². The van der Waals surface area contributed by atoms with Gasteiger partial charge in [0.1, 0.15) is 6.54 Å². The number of sulfonamides is 1. The van der Waals surface area contributed by atoms with Crippen LogP contribution in [0.4, 0.5) is 11.4 Å². The molecule has 0 spiro atoms. The summed E-state index contributed by atoms with van der Waals surface area (Å²) in [5, 5.41) is 3.20. The molecule has 5 rings (SSSR count). The fourth-order valence-corrected chi connectivity index (χ4v) is 5.40. The second-order valence-corrected chi connectivity index (χ2v) is 9.05. The van der Waals surface area contributed by atoms with E-state index in [0.717, 1.165) is 4.31 Å². The fraction of sp³-hybridized carbons (Fsp3) is 0.0952. The van der Waals surface area contributed by atoms with Crippen LogP contribution in [0.2, 0.25) is 5.02 Å². The van der Waals surface area contributed by atoms with Gasteiger partial charge in [0.05, 0.1) is 10.6 Å². The summed E-state index contributed by atoms with van der Waals surface area (Å²) in [7, 11) is -3.92. The van der Waals surface area contributed by atoms with Crippen molar-refractivity contribution in [3.05, 3.63) is 65.7 Å². The highest BCUT2D eigenvalue weighted by molar-refractivity contribution is 7.93. The minimum Gasteiger partial charge on any atom is -0.454 e. The number of hydrogen-bond acceptors (Lipinski definition) is 5. The summed E-state index contributed by atoms with van der Waals surface area (Å²) in [6.07, 6.45) is 0. The van der Waals surface area contributed by atoms with Crippen molar-refractivity contribution < 1.29 is 22.7 Å². The molecule has 0 saturated heterocycles. The lowest BCUT2D eigenvalue weighted by molar-refractivity contribution is -0.114. The Labute approximate surface area is 177 Å². The molecule has 0 bridgehead atoms. The average molecular weight is 443 g/mol. The third-order valence-electron chi connectivity index (χ3n) is 4.92. The van der Waals surface area contributed by atoms with E-state index in [1.54, 1.807) is 54.6 Å². The summed E-state index contributed by atoms with van der Waals surface area (Å²) in [5.41, 5.74) is 2.10. The molecule has 152 valence electrons. The highest BCUT2D eigenvalue weighted by Crippen LogP contribution is 2.44. The molecule has 2 heterocycles. The lowest BCUT2D eigenvalue weighted by Crippen LogP contribution is -2.40. The minimum atomic E-state index is -3.92. The molecule has 0 radical (unpaired) electrons. The molecule has 1 amide bonds. The summed E-state index contributed by atoms with van der Waals surface area (Å²) >= 11 is 6.15. The van der Waals surface area contributed by atoms with Crippen molar-refractivity contribution in [1.29, 1.82) is 0 Å². The molecule has 2 aliphatic heterocycles. The molecule has 0 atom stereocenters. The third kappa shape index (κ3) is 3.05. The quantitative estimate of drug-likeness (QED) is 0.665. The Bertz CT molecular complexity index is 1290. The summed E-state index contributed by atoms with van der Waals surface area (Å²) in [4.78, 5) is 12.9. The van der Waals surface area contributed by atoms with Gasteiger partial charge < -0.3 is 14.8 Å². The van der Waals surface area contributed by atoms with Crippen LogP contribution in [0.5, 0.6) is 11.5 Å². The van der Waals surface area contributed by atoms with Crippen LogP contribution in [0.25, 0.3) is 11.1 Å². The number of rotatable bonds is 3. The standard InChI is InChI=1S/C21H15ClN2O5S/c22-13-5-7-17-16(9-13)15-3-1-2-4-20(15)30(26,27)24(17)11-21(25)23-14-6-8-18-19(10-14)29-12-28-18/h1-10H,11-12H2,(H,23,25). The number of nitrogens with one attached hydrogen (secondary N) is 1. The molecule has 0 saturated carbocycles. The van der Waals surface area contributed by atoms with E-state index in [0.29, 0.717) is 39.0 Å². The largest absolute Gasteiger partial charge is 0.454 e. The number of fused-ring (bicyclic) bond motifs is 4. The smallest absolute Gasteiger partial charge is 0.265 e. The molecule has 0 unspecified atom stereocenters. The zero-order valence-corrected chi connectivity index (χ0v) is 17.0. The number of benzene rings is 3. The summed E-state index contributed by atoms with van der Waals surface area (Å²) in [6, 6.07) is 16.6. The van der Waals surface area contributed by atoms with E-state index >= 15 is 0 Å². The van der Waals surface area contributed by atoms with Crippen LogP contribution in [0.15, 0.2) is 65.6 Å². The lowest BCUT2D eigenvalue weighted by Gasteiger charge is -2.31. The van der Waals surface area contributed by atoms with Gasteiger partial charge in [-0.05, 0) is 36.4 Å². The molecule has 3 aromatic carbocycles. The van der Waals surface area contributed by atoms with E-state index in [9.17, 15) is 13.2 Å². The van der Waals surface area contributed by atoms with Gasteiger partial charge in [0, 0.05) is 27.9 Å². The number of hydrogen-bond donors (Lipinski definition) is 1. The minimum absolute atomic E-state index is 0.123. The SMILES string of the molecule is O=C(CN1c2ccc(Cl)cc2-c2ccccc2S1(=O)=O)Nc1ccc2c(c1)OCO2. The van der Waals surface area contributed by atoms with Gasteiger partial charge in [0.15, 0.2) is 11.5 Å². The maximum absolute atomic E-state index is 13.3. The zero-order valence-electron chi connectivity index (χ0n) is 15.5. The van der Waals surface area contributed by atoms with Crippen LogP contribution in [-0.2, 0) is 14.8 Å². The highest BCUT2D eigenvalue weighted by Gasteiger charge is 2.36. The van der Waals surface area contributed by atoms with Crippen molar-refractivity contribution in [2.24, 2.45) is 0 Å². The van der Waals surface area contributed by atoms with E-state index in [1.807, 2.05) is 0 Å². The number of nitrogens with zero attached hydrogens (tertiary/aromatic N) is 1. The Morgan fingerprint density at radius 2 is 1.80 bits per heavy atom. The number of halogens is 1. The number of carbonyl (C=O) groups excluding carboxylic acids is 1. The van der Waals surface area contributed by atoms with Gasteiger partial charge in [-0.1, -0.05) is 29.8 Å². The first-order chi connectivity index (χ1) is 14.4. The summed E-state index contributed by atoms with van der Waals surface area (Å²) in [6.45, 7) is -0.267. The molecule has 3 aromatic rings. The molecule has 0 aromatic heterocycles. The van der Waals surface area contributed by atoms with Crippen molar-refractivity contribution in [3.63, 3.8) is 0 Å². The van der Waals surface area contributed by atoms with E-state index < -0.39 is 15.9 Å². The first-order valence-electron chi connectivity index (χ1n) is 9.05. The molecule has 1 N–H and O–H groups in total. The number of ether oxygens (including phenoxy) is 2. The van der Waals surface area contributed by atoms with Gasteiger partial charge in [0.25, 0.3) is 10.0 Å². The maximum atomic E-state index is 13.3. The topological polar surface area (TPSA) is 84.9 Å². The first kappa shape index (κ1) is 18.8. The average Bonchev–Trinajstić information content (AvgIpc) is 3.19. The van der Waals surface area contributed by atoms with Gasteiger partial charge in [-0.3, -0.25) is 9.10 Å². The maximum Gasteiger partial charge on any atom is 0.265 e. The van der Waals surface area contributed by atoms with Gasteiger partial charge in [-0.2, -0.15) is 0 Å². The molecule has 0 aliphatic carbocycles. The Hall–Kier alpha value is -3.23.